The van der Waals surface area contributed by atoms with Gasteiger partial charge in [-0.15, -0.1) is 10.2 Å². The Morgan fingerprint density at radius 3 is 2.54 bits per heavy atom. The van der Waals surface area contributed by atoms with Gasteiger partial charge in [0.1, 0.15) is 5.75 Å². The van der Waals surface area contributed by atoms with Crippen molar-refractivity contribution in [3.05, 3.63) is 71.6 Å². The van der Waals surface area contributed by atoms with E-state index in [0.29, 0.717) is 23.3 Å². The fourth-order valence-electron chi connectivity index (χ4n) is 2.21. The third-order valence-corrected chi connectivity index (χ3v) is 4.41. The number of benzene rings is 2. The van der Waals surface area contributed by atoms with Gasteiger partial charge in [-0.25, -0.2) is 0 Å². The van der Waals surface area contributed by atoms with E-state index in [9.17, 15) is 5.11 Å². The number of nitrogens with zero attached hydrogens (tertiary/aromatic N) is 2. The topological polar surface area (TPSA) is 68.4 Å². The van der Waals surface area contributed by atoms with Gasteiger partial charge in [0.15, 0.2) is 0 Å². The average molecular weight is 342 g/mol. The maximum absolute atomic E-state index is 10.2. The van der Waals surface area contributed by atoms with Crippen molar-refractivity contribution >= 4 is 11.8 Å². The third kappa shape index (κ3) is 4.37. The van der Waals surface area contributed by atoms with Crippen molar-refractivity contribution in [3.8, 4) is 5.75 Å². The summed E-state index contributed by atoms with van der Waals surface area (Å²) in [7, 11) is 1.64. The molecule has 0 spiro atoms. The largest absolute Gasteiger partial charge is 0.497 e. The van der Waals surface area contributed by atoms with Crippen molar-refractivity contribution in [2.75, 3.05) is 12.9 Å². The van der Waals surface area contributed by atoms with Gasteiger partial charge >= 0.3 is 0 Å². The Hall–Kier alpha value is -2.31. The highest BCUT2D eigenvalue weighted by atomic mass is 32.2. The van der Waals surface area contributed by atoms with Crippen molar-refractivity contribution in [3.63, 3.8) is 0 Å². The zero-order chi connectivity index (χ0) is 16.8. The van der Waals surface area contributed by atoms with Crippen LogP contribution in [-0.2, 0) is 6.42 Å². The van der Waals surface area contributed by atoms with Gasteiger partial charge in [-0.3, -0.25) is 0 Å². The molecule has 0 aliphatic heterocycles. The Labute approximate surface area is 144 Å². The molecule has 0 fully saturated rings. The summed E-state index contributed by atoms with van der Waals surface area (Å²) >= 11 is 1.35. The number of ether oxygens (including phenoxy) is 1. The maximum Gasteiger partial charge on any atom is 0.276 e. The number of aliphatic hydroxyl groups is 1. The first-order chi connectivity index (χ1) is 11.7. The fraction of sp³-hybridized carbons (Fsp3) is 0.222. The van der Waals surface area contributed by atoms with Crippen LogP contribution in [0.3, 0.4) is 0 Å². The zero-order valence-corrected chi connectivity index (χ0v) is 14.1. The van der Waals surface area contributed by atoms with E-state index in [1.54, 1.807) is 7.11 Å². The minimum absolute atomic E-state index is 0.466. The normalized spacial score (nSPS) is 12.1. The van der Waals surface area contributed by atoms with Crippen LogP contribution in [0.4, 0.5) is 0 Å². The van der Waals surface area contributed by atoms with Crippen LogP contribution in [0, 0.1) is 0 Å². The van der Waals surface area contributed by atoms with E-state index in [0.717, 1.165) is 16.9 Å². The quantitative estimate of drug-likeness (QED) is 0.663. The molecule has 0 aliphatic rings. The molecule has 0 radical (unpaired) electrons. The lowest BCUT2D eigenvalue weighted by molar-refractivity contribution is 0.203. The van der Waals surface area contributed by atoms with E-state index in [-0.39, 0.29) is 0 Å². The molecule has 1 aromatic heterocycles. The van der Waals surface area contributed by atoms with Crippen LogP contribution in [0.25, 0.3) is 0 Å². The van der Waals surface area contributed by atoms with Crippen LogP contribution < -0.4 is 4.74 Å². The monoisotopic (exact) mass is 342 g/mol. The Kier molecular flexibility index (Phi) is 5.51. The second-order valence-electron chi connectivity index (χ2n) is 5.22. The number of aromatic nitrogens is 2. The first-order valence-electron chi connectivity index (χ1n) is 7.55. The van der Waals surface area contributed by atoms with Gasteiger partial charge in [0, 0.05) is 5.75 Å². The van der Waals surface area contributed by atoms with Crippen LogP contribution in [0.2, 0.25) is 0 Å². The SMILES string of the molecule is COc1ccc(Cc2nnc(SCC(O)c3ccccc3)o2)cc1. The van der Waals surface area contributed by atoms with E-state index < -0.39 is 6.10 Å². The molecule has 0 amide bonds. The molecule has 0 bridgehead atoms. The van der Waals surface area contributed by atoms with Gasteiger partial charge in [-0.05, 0) is 23.3 Å². The van der Waals surface area contributed by atoms with Crippen molar-refractivity contribution in [1.82, 2.24) is 10.2 Å². The van der Waals surface area contributed by atoms with Gasteiger partial charge < -0.3 is 14.3 Å². The number of rotatable bonds is 7. The third-order valence-electron chi connectivity index (χ3n) is 3.51. The summed E-state index contributed by atoms with van der Waals surface area (Å²) in [6.07, 6.45) is 0.00634. The van der Waals surface area contributed by atoms with Gasteiger partial charge in [0.25, 0.3) is 5.22 Å². The van der Waals surface area contributed by atoms with Crippen molar-refractivity contribution in [2.45, 2.75) is 17.7 Å². The molecule has 24 heavy (non-hydrogen) atoms. The van der Waals surface area contributed by atoms with Crippen LogP contribution >= 0.6 is 11.8 Å². The first-order valence-corrected chi connectivity index (χ1v) is 8.54. The summed E-state index contributed by atoms with van der Waals surface area (Å²) in [4.78, 5) is 0. The number of aliphatic hydroxyl groups excluding tert-OH is 1. The summed E-state index contributed by atoms with van der Waals surface area (Å²) < 4.78 is 10.8. The highest BCUT2D eigenvalue weighted by Gasteiger charge is 2.12. The average Bonchev–Trinajstić information content (AvgIpc) is 3.08. The highest BCUT2D eigenvalue weighted by molar-refractivity contribution is 7.99. The predicted molar refractivity (Wildman–Crippen MR) is 92.2 cm³/mol. The molecule has 2 aromatic carbocycles. The molecular formula is C18H18N2O3S. The summed E-state index contributed by atoms with van der Waals surface area (Å²) in [6, 6.07) is 17.3. The van der Waals surface area contributed by atoms with Crippen molar-refractivity contribution in [2.24, 2.45) is 0 Å². The summed E-state index contributed by atoms with van der Waals surface area (Å²) in [5.74, 6) is 1.83. The van der Waals surface area contributed by atoms with E-state index in [1.165, 1.54) is 11.8 Å². The van der Waals surface area contributed by atoms with Gasteiger partial charge in [0.2, 0.25) is 5.89 Å². The molecule has 6 heteroatoms. The molecular weight excluding hydrogens is 324 g/mol. The molecule has 1 N–H and O–H groups in total. The van der Waals surface area contributed by atoms with Gasteiger partial charge in [0.05, 0.1) is 19.6 Å². The minimum atomic E-state index is -0.562. The van der Waals surface area contributed by atoms with E-state index in [1.807, 2.05) is 54.6 Å². The molecule has 3 aromatic rings. The van der Waals surface area contributed by atoms with Gasteiger partial charge in [-0.2, -0.15) is 0 Å². The Balaban J connectivity index is 1.55. The Bertz CT molecular complexity index is 759. The minimum Gasteiger partial charge on any atom is -0.497 e. The number of methoxy groups -OCH3 is 1. The Morgan fingerprint density at radius 1 is 1.08 bits per heavy atom. The van der Waals surface area contributed by atoms with E-state index in [4.69, 9.17) is 9.15 Å². The molecule has 3 rings (SSSR count). The molecule has 1 unspecified atom stereocenters. The van der Waals surface area contributed by atoms with E-state index >= 15 is 0 Å². The maximum atomic E-state index is 10.2. The van der Waals surface area contributed by atoms with Crippen LogP contribution in [0.5, 0.6) is 5.75 Å². The predicted octanol–water partition coefficient (Wildman–Crippen LogP) is 3.49. The van der Waals surface area contributed by atoms with Crippen molar-refractivity contribution < 1.29 is 14.3 Å². The lowest BCUT2D eigenvalue weighted by Gasteiger charge is -2.08. The molecule has 1 heterocycles. The van der Waals surface area contributed by atoms with E-state index in [2.05, 4.69) is 10.2 Å². The molecule has 5 nitrogen and oxygen atoms in total. The summed E-state index contributed by atoms with van der Waals surface area (Å²) in [5, 5.41) is 18.7. The molecule has 0 aliphatic carbocycles. The molecule has 1 atom stereocenters. The number of hydrogen-bond acceptors (Lipinski definition) is 6. The zero-order valence-electron chi connectivity index (χ0n) is 13.3. The lowest BCUT2D eigenvalue weighted by atomic mass is 10.1. The van der Waals surface area contributed by atoms with Crippen LogP contribution in [-0.4, -0.2) is 28.2 Å². The van der Waals surface area contributed by atoms with Crippen LogP contribution in [0.15, 0.2) is 64.2 Å². The fourth-order valence-corrected chi connectivity index (χ4v) is 2.95. The summed E-state index contributed by atoms with van der Waals surface area (Å²) in [6.45, 7) is 0. The lowest BCUT2D eigenvalue weighted by Crippen LogP contribution is -1.99. The van der Waals surface area contributed by atoms with Gasteiger partial charge in [-0.1, -0.05) is 54.2 Å². The Morgan fingerprint density at radius 2 is 1.83 bits per heavy atom. The number of hydrogen-bond donors (Lipinski definition) is 1. The van der Waals surface area contributed by atoms with Crippen LogP contribution in [0.1, 0.15) is 23.1 Å². The molecule has 124 valence electrons. The molecule has 0 saturated heterocycles. The standard InChI is InChI=1S/C18H18N2O3S/c1-22-15-9-7-13(8-10-15)11-17-19-20-18(23-17)24-12-16(21)14-5-3-2-4-6-14/h2-10,16,21H,11-12H2,1H3. The summed E-state index contributed by atoms with van der Waals surface area (Å²) in [5.41, 5.74) is 1.95. The highest BCUT2D eigenvalue weighted by Crippen LogP contribution is 2.24. The number of thioether (sulfide) groups is 1. The molecule has 0 saturated carbocycles. The van der Waals surface area contributed by atoms with Crippen molar-refractivity contribution in [1.29, 1.82) is 0 Å². The second-order valence-corrected chi connectivity index (χ2v) is 6.20. The smallest absolute Gasteiger partial charge is 0.276 e. The second kappa shape index (κ2) is 7.99. The first kappa shape index (κ1) is 16.5.